The number of aromatic nitrogens is 2. The van der Waals surface area contributed by atoms with Crippen molar-refractivity contribution in [3.63, 3.8) is 0 Å². The fraction of sp³-hybridized carbons (Fsp3) is 0.444. The van der Waals surface area contributed by atoms with Gasteiger partial charge in [0.15, 0.2) is 0 Å². The van der Waals surface area contributed by atoms with Gasteiger partial charge in [-0.3, -0.25) is 10.1 Å². The molecule has 0 bridgehead atoms. The number of nitrogens with one attached hydrogen (secondary N) is 1. The summed E-state index contributed by atoms with van der Waals surface area (Å²) in [5.41, 5.74) is 0. The number of carbonyl (C=O) groups excluding carboxylic acids is 1. The van der Waals surface area contributed by atoms with Gasteiger partial charge >= 0.3 is 0 Å². The molecule has 1 heterocycles. The quantitative estimate of drug-likeness (QED) is 0.774. The SMILES string of the molecule is C/C=C/C(=O)Nc1nnc(C2CC2)s1. The average molecular weight is 209 g/mol. The Hall–Kier alpha value is -1.23. The van der Waals surface area contributed by atoms with Gasteiger partial charge in [0, 0.05) is 5.92 Å². The third-order valence-electron chi connectivity index (χ3n) is 1.92. The molecule has 1 aliphatic rings. The van der Waals surface area contributed by atoms with E-state index in [9.17, 15) is 4.79 Å². The maximum Gasteiger partial charge on any atom is 0.249 e. The van der Waals surface area contributed by atoms with Crippen LogP contribution in [0.15, 0.2) is 12.2 Å². The number of anilines is 1. The Morgan fingerprint density at radius 1 is 1.57 bits per heavy atom. The number of amides is 1. The van der Waals surface area contributed by atoms with Gasteiger partial charge in [0.2, 0.25) is 11.0 Å². The molecule has 1 saturated carbocycles. The standard InChI is InChI=1S/C9H11N3OS/c1-2-3-7(13)10-9-12-11-8(14-9)6-4-5-6/h2-3,6H,4-5H2,1H3,(H,10,12,13)/b3-2+. The van der Waals surface area contributed by atoms with Gasteiger partial charge in [-0.15, -0.1) is 10.2 Å². The molecule has 0 atom stereocenters. The minimum Gasteiger partial charge on any atom is -0.297 e. The summed E-state index contributed by atoms with van der Waals surface area (Å²) in [6.07, 6.45) is 5.57. The van der Waals surface area contributed by atoms with E-state index >= 15 is 0 Å². The first-order valence-corrected chi connectivity index (χ1v) is 5.38. The molecular weight excluding hydrogens is 198 g/mol. The molecule has 1 N–H and O–H groups in total. The highest BCUT2D eigenvalue weighted by Crippen LogP contribution is 2.41. The van der Waals surface area contributed by atoms with E-state index in [-0.39, 0.29) is 5.91 Å². The molecule has 0 spiro atoms. The van der Waals surface area contributed by atoms with Crippen LogP contribution in [0.2, 0.25) is 0 Å². The Kier molecular flexibility index (Phi) is 2.58. The summed E-state index contributed by atoms with van der Waals surface area (Å²) in [7, 11) is 0. The second-order valence-corrected chi connectivity index (χ2v) is 4.22. The zero-order chi connectivity index (χ0) is 9.97. The molecule has 74 valence electrons. The fourth-order valence-corrected chi connectivity index (χ4v) is 1.99. The summed E-state index contributed by atoms with van der Waals surface area (Å²) in [5.74, 6) is 0.450. The van der Waals surface area contributed by atoms with Crippen molar-refractivity contribution in [3.8, 4) is 0 Å². The Morgan fingerprint density at radius 2 is 2.36 bits per heavy atom. The number of hydrogen-bond acceptors (Lipinski definition) is 4. The van der Waals surface area contributed by atoms with Crippen LogP contribution in [0.3, 0.4) is 0 Å². The van der Waals surface area contributed by atoms with Crippen LogP contribution in [-0.4, -0.2) is 16.1 Å². The van der Waals surface area contributed by atoms with Crippen LogP contribution in [0, 0.1) is 0 Å². The van der Waals surface area contributed by atoms with Crippen molar-refractivity contribution in [1.29, 1.82) is 0 Å². The van der Waals surface area contributed by atoms with Crippen LogP contribution < -0.4 is 5.32 Å². The maximum absolute atomic E-state index is 11.1. The van der Waals surface area contributed by atoms with Gasteiger partial charge in [-0.2, -0.15) is 0 Å². The number of rotatable bonds is 3. The Morgan fingerprint density at radius 3 is 3.00 bits per heavy atom. The molecule has 1 fully saturated rings. The molecule has 0 unspecified atom stereocenters. The highest BCUT2D eigenvalue weighted by molar-refractivity contribution is 7.15. The molecule has 1 aliphatic carbocycles. The van der Waals surface area contributed by atoms with Gasteiger partial charge in [-0.25, -0.2) is 0 Å². The minimum atomic E-state index is -0.147. The third kappa shape index (κ3) is 2.17. The lowest BCUT2D eigenvalue weighted by Crippen LogP contribution is -2.07. The molecule has 0 aliphatic heterocycles. The number of nitrogens with zero attached hydrogens (tertiary/aromatic N) is 2. The minimum absolute atomic E-state index is 0.147. The van der Waals surface area contributed by atoms with Crippen LogP contribution in [0.5, 0.6) is 0 Å². The molecule has 1 aromatic heterocycles. The molecular formula is C9H11N3OS. The lowest BCUT2D eigenvalue weighted by atomic mass is 10.5. The predicted octanol–water partition coefficient (Wildman–Crippen LogP) is 1.93. The lowest BCUT2D eigenvalue weighted by Gasteiger charge is -1.92. The smallest absolute Gasteiger partial charge is 0.249 e. The van der Waals surface area contributed by atoms with Crippen LogP contribution in [0.1, 0.15) is 30.7 Å². The summed E-state index contributed by atoms with van der Waals surface area (Å²) < 4.78 is 0. The van der Waals surface area contributed by atoms with Crippen molar-refractivity contribution in [1.82, 2.24) is 10.2 Å². The topological polar surface area (TPSA) is 54.9 Å². The van der Waals surface area contributed by atoms with Gasteiger partial charge in [-0.05, 0) is 25.8 Å². The van der Waals surface area contributed by atoms with E-state index in [0.717, 1.165) is 5.01 Å². The zero-order valence-corrected chi connectivity index (χ0v) is 8.67. The first-order chi connectivity index (χ1) is 6.79. The van der Waals surface area contributed by atoms with Crippen LogP contribution in [-0.2, 0) is 4.79 Å². The number of carbonyl (C=O) groups is 1. The van der Waals surface area contributed by atoms with Crippen molar-refractivity contribution < 1.29 is 4.79 Å². The lowest BCUT2D eigenvalue weighted by molar-refractivity contribution is -0.111. The van der Waals surface area contributed by atoms with Gasteiger partial charge in [0.25, 0.3) is 0 Å². The molecule has 2 rings (SSSR count). The number of hydrogen-bond donors (Lipinski definition) is 1. The molecule has 1 amide bonds. The first-order valence-electron chi connectivity index (χ1n) is 4.56. The van der Waals surface area contributed by atoms with Crippen molar-refractivity contribution in [3.05, 3.63) is 17.2 Å². The van der Waals surface area contributed by atoms with E-state index in [2.05, 4.69) is 15.5 Å². The van der Waals surface area contributed by atoms with E-state index in [0.29, 0.717) is 11.0 Å². The monoisotopic (exact) mass is 209 g/mol. The Bertz CT molecular complexity index is 368. The van der Waals surface area contributed by atoms with Gasteiger partial charge < -0.3 is 0 Å². The molecule has 5 heteroatoms. The van der Waals surface area contributed by atoms with Crippen molar-refractivity contribution in [2.45, 2.75) is 25.7 Å². The number of allylic oxidation sites excluding steroid dienone is 1. The third-order valence-corrected chi connectivity index (χ3v) is 2.92. The first kappa shape index (κ1) is 9.33. The molecule has 14 heavy (non-hydrogen) atoms. The average Bonchev–Trinajstić information content (AvgIpc) is 2.89. The molecule has 4 nitrogen and oxygen atoms in total. The summed E-state index contributed by atoms with van der Waals surface area (Å²) in [5, 5.41) is 12.2. The predicted molar refractivity (Wildman–Crippen MR) is 55.3 cm³/mol. The summed E-state index contributed by atoms with van der Waals surface area (Å²) >= 11 is 1.47. The zero-order valence-electron chi connectivity index (χ0n) is 7.86. The Balaban J connectivity index is 1.98. The summed E-state index contributed by atoms with van der Waals surface area (Å²) in [4.78, 5) is 11.1. The van der Waals surface area contributed by atoms with Crippen molar-refractivity contribution in [2.24, 2.45) is 0 Å². The van der Waals surface area contributed by atoms with E-state index in [4.69, 9.17) is 0 Å². The second-order valence-electron chi connectivity index (χ2n) is 3.21. The molecule has 0 radical (unpaired) electrons. The van der Waals surface area contributed by atoms with Gasteiger partial charge in [-0.1, -0.05) is 17.4 Å². The van der Waals surface area contributed by atoms with E-state index in [1.54, 1.807) is 13.0 Å². The van der Waals surface area contributed by atoms with Gasteiger partial charge in [0.05, 0.1) is 0 Å². The molecule has 0 saturated heterocycles. The molecule has 0 aromatic carbocycles. The highest BCUT2D eigenvalue weighted by atomic mass is 32.1. The maximum atomic E-state index is 11.1. The largest absolute Gasteiger partial charge is 0.297 e. The van der Waals surface area contributed by atoms with Crippen LogP contribution in [0.25, 0.3) is 0 Å². The van der Waals surface area contributed by atoms with Crippen LogP contribution in [0.4, 0.5) is 5.13 Å². The normalized spacial score (nSPS) is 16.1. The van der Waals surface area contributed by atoms with Gasteiger partial charge in [0.1, 0.15) is 5.01 Å². The summed E-state index contributed by atoms with van der Waals surface area (Å²) in [6.45, 7) is 1.80. The van der Waals surface area contributed by atoms with E-state index < -0.39 is 0 Å². The summed E-state index contributed by atoms with van der Waals surface area (Å²) in [6, 6.07) is 0. The van der Waals surface area contributed by atoms with E-state index in [1.807, 2.05) is 0 Å². The van der Waals surface area contributed by atoms with Crippen LogP contribution >= 0.6 is 11.3 Å². The fourth-order valence-electron chi connectivity index (χ4n) is 1.08. The van der Waals surface area contributed by atoms with Crippen molar-refractivity contribution in [2.75, 3.05) is 5.32 Å². The highest BCUT2D eigenvalue weighted by Gasteiger charge is 2.27. The Labute approximate surface area is 86.1 Å². The molecule has 1 aromatic rings. The van der Waals surface area contributed by atoms with E-state index in [1.165, 1.54) is 30.3 Å². The second kappa shape index (κ2) is 3.88. The van der Waals surface area contributed by atoms with Crippen molar-refractivity contribution >= 4 is 22.4 Å².